The highest BCUT2D eigenvalue weighted by molar-refractivity contribution is 6.02. The van der Waals surface area contributed by atoms with E-state index in [4.69, 9.17) is 4.74 Å². The summed E-state index contributed by atoms with van der Waals surface area (Å²) in [5.74, 6) is -1.89. The van der Waals surface area contributed by atoms with E-state index in [1.807, 2.05) is 36.4 Å². The summed E-state index contributed by atoms with van der Waals surface area (Å²) >= 11 is 0. The third-order valence-electron chi connectivity index (χ3n) is 6.29. The molecule has 2 aromatic carbocycles. The van der Waals surface area contributed by atoms with Crippen molar-refractivity contribution >= 4 is 23.8 Å². The molecular formula is C25H24N4O5. The SMILES string of the molecule is Cn1cc(C(=O)O)c(NC(=O)C(NC(=O)OCC2c3ccccc3-c3ccccc32)C2CC2)n1. The number of fused-ring (bicyclic) bond motifs is 3. The van der Waals surface area contributed by atoms with Crippen molar-refractivity contribution in [3.63, 3.8) is 0 Å². The fourth-order valence-electron chi connectivity index (χ4n) is 4.53. The van der Waals surface area contributed by atoms with Crippen LogP contribution in [0, 0.1) is 5.92 Å². The first kappa shape index (κ1) is 21.7. The van der Waals surface area contributed by atoms with Crippen LogP contribution in [0.5, 0.6) is 0 Å². The largest absolute Gasteiger partial charge is 0.477 e. The second-order valence-electron chi connectivity index (χ2n) is 8.64. The van der Waals surface area contributed by atoms with E-state index in [0.29, 0.717) is 0 Å². The van der Waals surface area contributed by atoms with Crippen LogP contribution in [-0.4, -0.2) is 45.5 Å². The standard InChI is InChI=1S/C25H24N4O5/c1-29-12-19(24(31)32)22(28-29)27-23(30)21(14-10-11-14)26-25(33)34-13-20-17-8-4-2-6-15(17)16-7-3-5-9-18(16)20/h2-9,12,14,20-21H,10-11,13H2,1H3,(H,26,33)(H,31,32)(H,27,28,30). The number of benzene rings is 2. The van der Waals surface area contributed by atoms with Crippen molar-refractivity contribution < 1.29 is 24.2 Å². The van der Waals surface area contributed by atoms with E-state index in [-0.39, 0.29) is 29.8 Å². The van der Waals surface area contributed by atoms with Crippen molar-refractivity contribution in [2.45, 2.75) is 24.8 Å². The van der Waals surface area contributed by atoms with Gasteiger partial charge in [-0.1, -0.05) is 48.5 Å². The molecule has 2 aliphatic carbocycles. The maximum atomic E-state index is 12.9. The smallest absolute Gasteiger partial charge is 0.407 e. The Morgan fingerprint density at radius 1 is 1.09 bits per heavy atom. The van der Waals surface area contributed by atoms with Gasteiger partial charge in [-0.25, -0.2) is 9.59 Å². The first-order valence-corrected chi connectivity index (χ1v) is 11.1. The molecule has 3 aromatic rings. The lowest BCUT2D eigenvalue weighted by molar-refractivity contribution is -0.118. The van der Waals surface area contributed by atoms with E-state index >= 15 is 0 Å². The first-order chi connectivity index (χ1) is 16.4. The van der Waals surface area contributed by atoms with Gasteiger partial charge in [0.1, 0.15) is 18.2 Å². The number of carbonyl (C=O) groups is 3. The van der Waals surface area contributed by atoms with Crippen LogP contribution in [0.25, 0.3) is 11.1 Å². The minimum atomic E-state index is -1.20. The number of anilines is 1. The van der Waals surface area contributed by atoms with Crippen molar-refractivity contribution in [2.75, 3.05) is 11.9 Å². The first-order valence-electron chi connectivity index (χ1n) is 11.1. The number of hydrogen-bond donors (Lipinski definition) is 3. The molecule has 0 radical (unpaired) electrons. The second kappa shape index (κ2) is 8.66. The predicted octanol–water partition coefficient (Wildman–Crippen LogP) is 3.37. The number of hydrogen-bond acceptors (Lipinski definition) is 5. The average Bonchev–Trinajstić information content (AvgIpc) is 3.52. The van der Waals surface area contributed by atoms with Gasteiger partial charge >= 0.3 is 12.1 Å². The molecule has 0 saturated heterocycles. The summed E-state index contributed by atoms with van der Waals surface area (Å²) in [6.45, 7) is 0.141. The number of carboxylic acid groups (broad SMARTS) is 1. The molecule has 1 aromatic heterocycles. The van der Waals surface area contributed by atoms with Crippen LogP contribution >= 0.6 is 0 Å². The lowest BCUT2D eigenvalue weighted by atomic mass is 9.98. The number of aromatic nitrogens is 2. The van der Waals surface area contributed by atoms with Crippen molar-refractivity contribution in [1.29, 1.82) is 0 Å². The van der Waals surface area contributed by atoms with E-state index in [2.05, 4.69) is 27.9 Å². The van der Waals surface area contributed by atoms with E-state index in [9.17, 15) is 19.5 Å². The molecular weight excluding hydrogens is 436 g/mol. The van der Waals surface area contributed by atoms with Crippen LogP contribution in [0.15, 0.2) is 54.7 Å². The normalized spacial score (nSPS) is 15.2. The van der Waals surface area contributed by atoms with Gasteiger partial charge in [0.05, 0.1) is 0 Å². The molecule has 1 unspecified atom stereocenters. The van der Waals surface area contributed by atoms with Crippen molar-refractivity contribution in [3.05, 3.63) is 71.4 Å². The minimum Gasteiger partial charge on any atom is -0.477 e. The van der Waals surface area contributed by atoms with Gasteiger partial charge in [0, 0.05) is 19.2 Å². The maximum Gasteiger partial charge on any atom is 0.407 e. The minimum absolute atomic E-state index is 0.0301. The van der Waals surface area contributed by atoms with Crippen LogP contribution in [-0.2, 0) is 16.6 Å². The van der Waals surface area contributed by atoms with Gasteiger partial charge in [-0.2, -0.15) is 5.10 Å². The van der Waals surface area contributed by atoms with Crippen LogP contribution in [0.4, 0.5) is 10.6 Å². The maximum absolute atomic E-state index is 12.9. The zero-order valence-corrected chi connectivity index (χ0v) is 18.5. The Morgan fingerprint density at radius 3 is 2.29 bits per heavy atom. The van der Waals surface area contributed by atoms with E-state index in [1.54, 1.807) is 7.05 Å². The Kier molecular flexibility index (Phi) is 5.53. The van der Waals surface area contributed by atoms with Gasteiger partial charge < -0.3 is 20.5 Å². The highest BCUT2D eigenvalue weighted by atomic mass is 16.5. The molecule has 0 bridgehead atoms. The summed E-state index contributed by atoms with van der Waals surface area (Å²) in [4.78, 5) is 37.0. The van der Waals surface area contributed by atoms with Gasteiger partial charge in [0.2, 0.25) is 5.91 Å². The van der Waals surface area contributed by atoms with Gasteiger partial charge in [-0.05, 0) is 41.0 Å². The zero-order chi connectivity index (χ0) is 23.8. The molecule has 9 heteroatoms. The van der Waals surface area contributed by atoms with Crippen LogP contribution in [0.1, 0.15) is 40.2 Å². The molecule has 34 heavy (non-hydrogen) atoms. The van der Waals surface area contributed by atoms with Crippen LogP contribution in [0.2, 0.25) is 0 Å². The molecule has 2 amide bonds. The molecule has 9 nitrogen and oxygen atoms in total. The van der Waals surface area contributed by atoms with Crippen molar-refractivity contribution in [1.82, 2.24) is 15.1 Å². The Morgan fingerprint density at radius 2 is 1.71 bits per heavy atom. The van der Waals surface area contributed by atoms with Gasteiger partial charge in [-0.15, -0.1) is 0 Å². The second-order valence-corrected chi connectivity index (χ2v) is 8.64. The number of amides is 2. The fourth-order valence-corrected chi connectivity index (χ4v) is 4.53. The Labute approximate surface area is 195 Å². The van der Waals surface area contributed by atoms with Crippen molar-refractivity contribution in [2.24, 2.45) is 13.0 Å². The Balaban J connectivity index is 1.26. The number of carboxylic acids is 1. The molecule has 1 saturated carbocycles. The molecule has 2 aliphatic rings. The number of nitrogens with zero attached hydrogens (tertiary/aromatic N) is 2. The summed E-state index contributed by atoms with van der Waals surface area (Å²) in [7, 11) is 1.56. The number of aromatic carboxylic acids is 1. The monoisotopic (exact) mass is 460 g/mol. The third-order valence-corrected chi connectivity index (χ3v) is 6.29. The summed E-state index contributed by atoms with van der Waals surface area (Å²) in [6, 6.07) is 15.3. The zero-order valence-electron chi connectivity index (χ0n) is 18.5. The summed E-state index contributed by atoms with van der Waals surface area (Å²) in [5.41, 5.74) is 4.35. The third kappa shape index (κ3) is 4.12. The highest BCUT2D eigenvalue weighted by Gasteiger charge is 2.39. The molecule has 0 spiro atoms. The predicted molar refractivity (Wildman–Crippen MR) is 124 cm³/mol. The van der Waals surface area contributed by atoms with Crippen molar-refractivity contribution in [3.8, 4) is 11.1 Å². The summed E-state index contributed by atoms with van der Waals surface area (Å²) in [6.07, 6.45) is 2.20. The van der Waals surface area contributed by atoms with Crippen LogP contribution < -0.4 is 10.6 Å². The average molecular weight is 460 g/mol. The Hall–Kier alpha value is -4.14. The molecule has 0 aliphatic heterocycles. The summed E-state index contributed by atoms with van der Waals surface area (Å²) < 4.78 is 6.88. The molecule has 5 rings (SSSR count). The van der Waals surface area contributed by atoms with Gasteiger partial charge in [0.15, 0.2) is 5.82 Å². The quantitative estimate of drug-likeness (QED) is 0.497. The fraction of sp³-hybridized carbons (Fsp3) is 0.280. The lowest BCUT2D eigenvalue weighted by Crippen LogP contribution is -2.46. The highest BCUT2D eigenvalue weighted by Crippen LogP contribution is 2.44. The van der Waals surface area contributed by atoms with E-state index < -0.39 is 24.0 Å². The van der Waals surface area contributed by atoms with Gasteiger partial charge in [0.25, 0.3) is 0 Å². The number of aryl methyl sites for hydroxylation is 1. The van der Waals surface area contributed by atoms with E-state index in [1.165, 1.54) is 10.9 Å². The van der Waals surface area contributed by atoms with Gasteiger partial charge in [-0.3, -0.25) is 9.48 Å². The number of nitrogens with one attached hydrogen (secondary N) is 2. The molecule has 1 fully saturated rings. The number of ether oxygens (including phenoxy) is 1. The molecule has 174 valence electrons. The number of rotatable bonds is 7. The van der Waals surface area contributed by atoms with Crippen LogP contribution in [0.3, 0.4) is 0 Å². The van der Waals surface area contributed by atoms with E-state index in [0.717, 1.165) is 35.1 Å². The molecule has 1 atom stereocenters. The Bertz CT molecular complexity index is 1230. The number of carbonyl (C=O) groups excluding carboxylic acids is 2. The summed E-state index contributed by atoms with van der Waals surface area (Å²) in [5, 5.41) is 18.5. The molecule has 1 heterocycles. The lowest BCUT2D eigenvalue weighted by Gasteiger charge is -2.19. The topological polar surface area (TPSA) is 123 Å². The number of alkyl carbamates (subject to hydrolysis) is 1. The molecule has 3 N–H and O–H groups in total.